The van der Waals surface area contributed by atoms with Gasteiger partial charge in [0, 0.05) is 6.54 Å². The molecule has 25 heavy (non-hydrogen) atoms. The van der Waals surface area contributed by atoms with E-state index < -0.39 is 4.92 Å². The van der Waals surface area contributed by atoms with Crippen molar-refractivity contribution in [3.8, 4) is 0 Å². The van der Waals surface area contributed by atoms with E-state index in [0.29, 0.717) is 19.0 Å². The van der Waals surface area contributed by atoms with Crippen LogP contribution in [-0.2, 0) is 13.1 Å². The van der Waals surface area contributed by atoms with Crippen LogP contribution in [0.2, 0.25) is 0 Å². The number of aromatic nitrogens is 2. The van der Waals surface area contributed by atoms with Crippen LogP contribution in [0, 0.1) is 17.0 Å². The minimum atomic E-state index is -0.601. The molecule has 0 atom stereocenters. The lowest BCUT2D eigenvalue weighted by Crippen LogP contribution is -2.24. The van der Waals surface area contributed by atoms with Gasteiger partial charge in [0.15, 0.2) is 0 Å². The number of nitrogens with zero attached hydrogens (tertiary/aromatic N) is 4. The Balaban J connectivity index is 1.93. The van der Waals surface area contributed by atoms with Crippen LogP contribution in [0.4, 0.5) is 17.5 Å². The van der Waals surface area contributed by atoms with Crippen molar-refractivity contribution in [2.24, 2.45) is 0 Å². The number of hydrogen-bond acceptors (Lipinski definition) is 7. The molecule has 8 heteroatoms. The van der Waals surface area contributed by atoms with Crippen molar-refractivity contribution in [1.82, 2.24) is 9.97 Å². The molecule has 3 rings (SSSR count). The monoisotopic (exact) mass is 339 g/mol. The van der Waals surface area contributed by atoms with Gasteiger partial charge in [0.25, 0.3) is 0 Å². The molecule has 0 saturated carbocycles. The lowest BCUT2D eigenvalue weighted by molar-refractivity contribution is -0.384. The summed E-state index contributed by atoms with van der Waals surface area (Å²) in [5, 5.41) is 10.9. The minimum absolute atomic E-state index is 0.163. The van der Waals surface area contributed by atoms with Crippen molar-refractivity contribution in [2.45, 2.75) is 20.0 Å². The Morgan fingerprint density at radius 1 is 1.28 bits per heavy atom. The van der Waals surface area contributed by atoms with Crippen LogP contribution < -0.4 is 10.6 Å². The number of furan rings is 1. The van der Waals surface area contributed by atoms with Gasteiger partial charge in [-0.3, -0.25) is 10.1 Å². The van der Waals surface area contributed by atoms with Gasteiger partial charge < -0.3 is 15.1 Å². The van der Waals surface area contributed by atoms with Gasteiger partial charge in [-0.25, -0.2) is 4.98 Å². The Morgan fingerprint density at radius 3 is 2.76 bits per heavy atom. The zero-order valence-corrected chi connectivity index (χ0v) is 13.6. The summed E-state index contributed by atoms with van der Waals surface area (Å²) in [6, 6.07) is 11.7. The number of benzene rings is 1. The molecule has 0 spiro atoms. The predicted octanol–water partition coefficient (Wildman–Crippen LogP) is 3.08. The molecular weight excluding hydrogens is 322 g/mol. The summed E-state index contributed by atoms with van der Waals surface area (Å²) >= 11 is 0. The van der Waals surface area contributed by atoms with Gasteiger partial charge in [-0.1, -0.05) is 29.8 Å². The summed E-state index contributed by atoms with van der Waals surface area (Å²) in [6.07, 6.45) is 2.72. The van der Waals surface area contributed by atoms with Crippen LogP contribution in [0.3, 0.4) is 0 Å². The van der Waals surface area contributed by atoms with Crippen molar-refractivity contribution in [3.63, 3.8) is 0 Å². The maximum Gasteiger partial charge on any atom is 0.329 e. The van der Waals surface area contributed by atoms with Gasteiger partial charge in [-0.2, -0.15) is 4.98 Å². The average Bonchev–Trinajstić information content (AvgIpc) is 3.07. The standard InChI is InChI=1S/C17H17N5O3/c1-12-4-2-5-13(8-12)10-21(11-14-6-3-7-25-14)17-19-9-15(22(23)24)16(18)20-17/h2-9H,10-11H2,1H3,(H2,18,19,20). The molecule has 0 saturated heterocycles. The molecule has 0 aliphatic rings. The third-order valence-corrected chi connectivity index (χ3v) is 3.65. The summed E-state index contributed by atoms with van der Waals surface area (Å²) in [5.74, 6) is 0.873. The normalized spacial score (nSPS) is 10.6. The quantitative estimate of drug-likeness (QED) is 0.542. The topological polar surface area (TPSA) is 111 Å². The Morgan fingerprint density at radius 2 is 2.12 bits per heavy atom. The van der Waals surface area contributed by atoms with Crippen LogP contribution in [-0.4, -0.2) is 14.9 Å². The summed E-state index contributed by atoms with van der Waals surface area (Å²) in [6.45, 7) is 2.94. The number of aryl methyl sites for hydroxylation is 1. The zero-order chi connectivity index (χ0) is 17.8. The van der Waals surface area contributed by atoms with Crippen LogP contribution >= 0.6 is 0 Å². The van der Waals surface area contributed by atoms with E-state index in [4.69, 9.17) is 10.2 Å². The first-order valence-corrected chi connectivity index (χ1v) is 7.62. The second kappa shape index (κ2) is 7.00. The van der Waals surface area contributed by atoms with E-state index >= 15 is 0 Å². The van der Waals surface area contributed by atoms with Crippen LogP contribution in [0.15, 0.2) is 53.3 Å². The molecule has 0 radical (unpaired) electrons. The Labute approximate surface area is 144 Å². The molecule has 8 nitrogen and oxygen atoms in total. The molecule has 0 fully saturated rings. The lowest BCUT2D eigenvalue weighted by Gasteiger charge is -2.22. The van der Waals surface area contributed by atoms with Crippen molar-refractivity contribution in [1.29, 1.82) is 0 Å². The van der Waals surface area contributed by atoms with Crippen molar-refractivity contribution in [3.05, 3.63) is 75.9 Å². The third kappa shape index (κ3) is 3.92. The second-order valence-electron chi connectivity index (χ2n) is 5.62. The highest BCUT2D eigenvalue weighted by Crippen LogP contribution is 2.23. The molecule has 0 bridgehead atoms. The van der Waals surface area contributed by atoms with Crippen molar-refractivity contribution >= 4 is 17.5 Å². The van der Waals surface area contributed by atoms with E-state index in [-0.39, 0.29) is 11.5 Å². The summed E-state index contributed by atoms with van der Waals surface area (Å²) in [5.41, 5.74) is 7.60. The molecule has 0 aliphatic carbocycles. The molecular formula is C17H17N5O3. The average molecular weight is 339 g/mol. The molecule has 2 N–H and O–H groups in total. The molecule has 2 aromatic heterocycles. The van der Waals surface area contributed by atoms with E-state index in [0.717, 1.165) is 23.1 Å². The summed E-state index contributed by atoms with van der Waals surface area (Å²) in [7, 11) is 0. The molecule has 0 aliphatic heterocycles. The van der Waals surface area contributed by atoms with Gasteiger partial charge in [-0.05, 0) is 24.6 Å². The highest BCUT2D eigenvalue weighted by Gasteiger charge is 2.19. The molecule has 2 heterocycles. The van der Waals surface area contributed by atoms with Gasteiger partial charge in [-0.15, -0.1) is 0 Å². The Hall–Kier alpha value is -3.42. The zero-order valence-electron chi connectivity index (χ0n) is 13.6. The smallest absolute Gasteiger partial charge is 0.329 e. The number of anilines is 2. The second-order valence-corrected chi connectivity index (χ2v) is 5.62. The Kier molecular flexibility index (Phi) is 4.60. The van der Waals surface area contributed by atoms with Gasteiger partial charge in [0.1, 0.15) is 12.0 Å². The summed E-state index contributed by atoms with van der Waals surface area (Å²) < 4.78 is 5.40. The first kappa shape index (κ1) is 16.4. The van der Waals surface area contributed by atoms with Gasteiger partial charge >= 0.3 is 5.69 Å². The number of hydrogen-bond donors (Lipinski definition) is 1. The molecule has 1 aromatic carbocycles. The van der Waals surface area contributed by atoms with E-state index in [2.05, 4.69) is 16.0 Å². The van der Waals surface area contributed by atoms with E-state index in [1.165, 1.54) is 0 Å². The lowest BCUT2D eigenvalue weighted by atomic mass is 10.1. The first-order chi connectivity index (χ1) is 12.0. The summed E-state index contributed by atoms with van der Waals surface area (Å²) in [4.78, 5) is 20.4. The minimum Gasteiger partial charge on any atom is -0.467 e. The molecule has 3 aromatic rings. The number of nitro groups is 1. The maximum atomic E-state index is 10.9. The van der Waals surface area contributed by atoms with Crippen LogP contribution in [0.1, 0.15) is 16.9 Å². The molecule has 128 valence electrons. The fraction of sp³-hybridized carbons (Fsp3) is 0.176. The van der Waals surface area contributed by atoms with E-state index in [1.807, 2.05) is 36.1 Å². The fourth-order valence-electron chi connectivity index (χ4n) is 2.49. The first-order valence-electron chi connectivity index (χ1n) is 7.62. The van der Waals surface area contributed by atoms with Crippen LogP contribution in [0.5, 0.6) is 0 Å². The SMILES string of the molecule is Cc1cccc(CN(Cc2ccco2)c2ncc([N+](=O)[O-])c(N)n2)c1. The van der Waals surface area contributed by atoms with E-state index in [1.54, 1.807) is 12.3 Å². The fourth-order valence-corrected chi connectivity index (χ4v) is 2.49. The third-order valence-electron chi connectivity index (χ3n) is 3.65. The van der Waals surface area contributed by atoms with Crippen molar-refractivity contribution < 1.29 is 9.34 Å². The van der Waals surface area contributed by atoms with Gasteiger partial charge in [0.2, 0.25) is 11.8 Å². The largest absolute Gasteiger partial charge is 0.467 e. The highest BCUT2D eigenvalue weighted by molar-refractivity contribution is 5.54. The van der Waals surface area contributed by atoms with Crippen molar-refractivity contribution in [2.75, 3.05) is 10.6 Å². The van der Waals surface area contributed by atoms with E-state index in [9.17, 15) is 10.1 Å². The number of nitrogen functional groups attached to an aromatic ring is 1. The molecule has 0 unspecified atom stereocenters. The van der Waals surface area contributed by atoms with Gasteiger partial charge in [0.05, 0.1) is 17.7 Å². The predicted molar refractivity (Wildman–Crippen MR) is 92.9 cm³/mol. The maximum absolute atomic E-state index is 10.9. The number of nitrogens with two attached hydrogens (primary N) is 1. The molecule has 0 amide bonds. The Bertz CT molecular complexity index is 880. The van der Waals surface area contributed by atoms with Crippen LogP contribution in [0.25, 0.3) is 0 Å². The number of rotatable bonds is 6. The highest BCUT2D eigenvalue weighted by atomic mass is 16.6.